The Labute approximate surface area is 126 Å². The molecule has 5 unspecified atom stereocenters. The predicted molar refractivity (Wildman–Crippen MR) is 85.6 cm³/mol. The van der Waals surface area contributed by atoms with Crippen LogP contribution in [0.1, 0.15) is 91.9 Å². The van der Waals surface area contributed by atoms with Crippen LogP contribution in [0.5, 0.6) is 0 Å². The van der Waals surface area contributed by atoms with Gasteiger partial charge in [-0.05, 0) is 91.3 Å². The molecule has 0 nitrogen and oxygen atoms in total. The number of hydrogen-bond donors (Lipinski definition) is 0. The quantitative estimate of drug-likeness (QED) is 0.493. The van der Waals surface area contributed by atoms with Gasteiger partial charge in [-0.15, -0.1) is 0 Å². The lowest BCUT2D eigenvalue weighted by Gasteiger charge is -2.64. The molecule has 5 atom stereocenters. The summed E-state index contributed by atoms with van der Waals surface area (Å²) in [5.74, 6) is 2.06. The van der Waals surface area contributed by atoms with Gasteiger partial charge >= 0.3 is 0 Å². The number of hydrogen-bond acceptors (Lipinski definition) is 0. The fourth-order valence-corrected chi connectivity index (χ4v) is 8.04. The molecular weight excluding hydrogens is 240 g/mol. The summed E-state index contributed by atoms with van der Waals surface area (Å²) in [6, 6.07) is 0. The first-order chi connectivity index (χ1) is 9.30. The topological polar surface area (TPSA) is 0 Å². The first-order valence-corrected chi connectivity index (χ1v) is 9.30. The molecule has 4 rings (SSSR count). The van der Waals surface area contributed by atoms with E-state index in [0.717, 1.165) is 22.7 Å². The molecule has 0 aromatic carbocycles. The standard InChI is InChI=1S/C20H34/c1-17(2)8-5-9-19(4)15(17)7-11-20-13-12-18(3,14-20)10-6-16(19)20/h15-16H,5-14H2,1-4H3. The van der Waals surface area contributed by atoms with Crippen molar-refractivity contribution in [2.75, 3.05) is 0 Å². The first-order valence-electron chi connectivity index (χ1n) is 9.30. The molecule has 0 radical (unpaired) electrons. The van der Waals surface area contributed by atoms with Crippen molar-refractivity contribution in [1.82, 2.24) is 0 Å². The van der Waals surface area contributed by atoms with Gasteiger partial charge in [-0.25, -0.2) is 0 Å². The van der Waals surface area contributed by atoms with Crippen LogP contribution in [0.4, 0.5) is 0 Å². The molecule has 4 saturated carbocycles. The van der Waals surface area contributed by atoms with Gasteiger partial charge in [0.05, 0.1) is 0 Å². The maximum atomic E-state index is 2.71. The van der Waals surface area contributed by atoms with Gasteiger partial charge in [-0.1, -0.05) is 34.1 Å². The lowest BCUT2D eigenvalue weighted by atomic mass is 9.40. The molecule has 114 valence electrons. The van der Waals surface area contributed by atoms with Crippen molar-refractivity contribution in [2.45, 2.75) is 91.9 Å². The molecule has 4 aliphatic rings. The molecule has 0 heteroatoms. The Balaban J connectivity index is 1.73. The number of fused-ring (bicyclic) bond motifs is 3. The van der Waals surface area contributed by atoms with Gasteiger partial charge < -0.3 is 0 Å². The monoisotopic (exact) mass is 274 g/mol. The summed E-state index contributed by atoms with van der Waals surface area (Å²) < 4.78 is 0. The van der Waals surface area contributed by atoms with Crippen LogP contribution in [0.15, 0.2) is 0 Å². The Hall–Kier alpha value is 0. The fourth-order valence-electron chi connectivity index (χ4n) is 8.04. The highest BCUT2D eigenvalue weighted by Crippen LogP contribution is 2.73. The van der Waals surface area contributed by atoms with E-state index in [9.17, 15) is 0 Å². The highest BCUT2D eigenvalue weighted by Gasteiger charge is 2.64. The second-order valence-corrected chi connectivity index (χ2v) is 10.4. The van der Waals surface area contributed by atoms with Gasteiger partial charge in [0.1, 0.15) is 0 Å². The van der Waals surface area contributed by atoms with E-state index < -0.39 is 0 Å². The maximum absolute atomic E-state index is 2.71. The Morgan fingerprint density at radius 1 is 0.700 bits per heavy atom. The lowest BCUT2D eigenvalue weighted by Crippen LogP contribution is -2.56. The average molecular weight is 274 g/mol. The van der Waals surface area contributed by atoms with Crippen molar-refractivity contribution in [2.24, 2.45) is 33.5 Å². The molecule has 2 bridgehead atoms. The zero-order chi connectivity index (χ0) is 14.2. The van der Waals surface area contributed by atoms with E-state index in [4.69, 9.17) is 0 Å². The highest BCUT2D eigenvalue weighted by atomic mass is 14.7. The summed E-state index contributed by atoms with van der Waals surface area (Å²) in [5.41, 5.74) is 2.77. The average Bonchev–Trinajstić information content (AvgIpc) is 2.58. The van der Waals surface area contributed by atoms with Gasteiger partial charge in [-0.3, -0.25) is 0 Å². The van der Waals surface area contributed by atoms with E-state index >= 15 is 0 Å². The molecule has 4 fully saturated rings. The first kappa shape index (κ1) is 13.6. The third kappa shape index (κ3) is 1.60. The van der Waals surface area contributed by atoms with Crippen molar-refractivity contribution >= 4 is 0 Å². The number of rotatable bonds is 0. The van der Waals surface area contributed by atoms with Crippen LogP contribution in [-0.2, 0) is 0 Å². The summed E-state index contributed by atoms with van der Waals surface area (Å²) in [5, 5.41) is 0. The second-order valence-electron chi connectivity index (χ2n) is 10.4. The Morgan fingerprint density at radius 2 is 1.45 bits per heavy atom. The predicted octanol–water partition coefficient (Wildman–Crippen LogP) is 6.20. The van der Waals surface area contributed by atoms with Crippen molar-refractivity contribution < 1.29 is 0 Å². The zero-order valence-corrected chi connectivity index (χ0v) is 14.2. The SMILES string of the molecule is CC12CCC3C(CCC4C(C)(C)CCCC43C)(CC1)C2. The van der Waals surface area contributed by atoms with Crippen LogP contribution in [0.2, 0.25) is 0 Å². The van der Waals surface area contributed by atoms with E-state index in [-0.39, 0.29) is 0 Å². The minimum Gasteiger partial charge on any atom is -0.0596 e. The summed E-state index contributed by atoms with van der Waals surface area (Å²) in [4.78, 5) is 0. The lowest BCUT2D eigenvalue weighted by molar-refractivity contribution is -0.149. The fraction of sp³-hybridized carbons (Fsp3) is 1.00. The normalized spacial score (nSPS) is 57.0. The van der Waals surface area contributed by atoms with Gasteiger partial charge in [0.15, 0.2) is 0 Å². The minimum absolute atomic E-state index is 0.605. The molecule has 0 aromatic heterocycles. The summed E-state index contributed by atoms with van der Waals surface area (Å²) in [7, 11) is 0. The van der Waals surface area contributed by atoms with Crippen molar-refractivity contribution in [3.63, 3.8) is 0 Å². The van der Waals surface area contributed by atoms with Crippen molar-refractivity contribution in [1.29, 1.82) is 0 Å². The van der Waals surface area contributed by atoms with Crippen LogP contribution in [0.3, 0.4) is 0 Å². The Kier molecular flexibility index (Phi) is 2.63. The molecule has 0 amide bonds. The molecule has 0 heterocycles. The van der Waals surface area contributed by atoms with E-state index in [1.807, 2.05) is 0 Å². The summed E-state index contributed by atoms with van der Waals surface area (Å²) in [6.07, 6.45) is 15.4. The highest BCUT2D eigenvalue weighted by molar-refractivity contribution is 5.13. The van der Waals surface area contributed by atoms with Crippen LogP contribution in [0.25, 0.3) is 0 Å². The van der Waals surface area contributed by atoms with E-state index in [0.29, 0.717) is 10.8 Å². The van der Waals surface area contributed by atoms with Crippen LogP contribution in [-0.4, -0.2) is 0 Å². The van der Waals surface area contributed by atoms with Gasteiger partial charge in [0.25, 0.3) is 0 Å². The second kappa shape index (κ2) is 3.85. The molecule has 0 aromatic rings. The molecule has 0 saturated heterocycles. The summed E-state index contributed by atoms with van der Waals surface area (Å²) in [6.45, 7) is 10.5. The minimum atomic E-state index is 0.605. The molecule has 20 heavy (non-hydrogen) atoms. The van der Waals surface area contributed by atoms with Crippen LogP contribution in [0, 0.1) is 33.5 Å². The largest absolute Gasteiger partial charge is 0.0596 e. The molecule has 4 aliphatic carbocycles. The Bertz CT molecular complexity index is 422. The molecular formula is C20H34. The third-order valence-electron chi connectivity index (χ3n) is 8.78. The van der Waals surface area contributed by atoms with E-state index in [1.54, 1.807) is 25.7 Å². The smallest absolute Gasteiger partial charge is 0.0258 e. The third-order valence-corrected chi connectivity index (χ3v) is 8.78. The van der Waals surface area contributed by atoms with Crippen molar-refractivity contribution in [3.05, 3.63) is 0 Å². The zero-order valence-electron chi connectivity index (χ0n) is 14.2. The Morgan fingerprint density at radius 3 is 2.25 bits per heavy atom. The van der Waals surface area contributed by atoms with Gasteiger partial charge in [0.2, 0.25) is 0 Å². The van der Waals surface area contributed by atoms with Crippen molar-refractivity contribution in [3.8, 4) is 0 Å². The van der Waals surface area contributed by atoms with E-state index in [1.165, 1.54) is 38.5 Å². The van der Waals surface area contributed by atoms with Crippen LogP contribution < -0.4 is 0 Å². The molecule has 1 spiro atoms. The summed E-state index contributed by atoms with van der Waals surface area (Å²) >= 11 is 0. The van der Waals surface area contributed by atoms with Crippen LogP contribution >= 0.6 is 0 Å². The van der Waals surface area contributed by atoms with Gasteiger partial charge in [0, 0.05) is 0 Å². The molecule has 0 aliphatic heterocycles. The van der Waals surface area contributed by atoms with E-state index in [2.05, 4.69) is 27.7 Å². The molecule has 0 N–H and O–H groups in total. The maximum Gasteiger partial charge on any atom is -0.0258 e. The van der Waals surface area contributed by atoms with Gasteiger partial charge in [-0.2, -0.15) is 0 Å².